The standard InChI is InChI=1S/C25H31N3O4/c29-23-16-22(21-12-6-2-7-13-21)28(15-9-3-8-14-26-23)25(31)17-27-24(30)19-32-18-20-10-4-1-5-11-20/h1-2,4-7,10-13,22H,3,8-9,14-19H2,(H,26,29)(H,27,30). The lowest BCUT2D eigenvalue weighted by atomic mass is 10.00. The Hall–Kier alpha value is -3.19. The summed E-state index contributed by atoms with van der Waals surface area (Å²) >= 11 is 0. The van der Waals surface area contributed by atoms with Crippen molar-refractivity contribution in [2.75, 3.05) is 26.2 Å². The Morgan fingerprint density at radius 1 is 1.00 bits per heavy atom. The van der Waals surface area contributed by atoms with Crippen molar-refractivity contribution >= 4 is 17.7 Å². The second-order valence-corrected chi connectivity index (χ2v) is 7.88. The van der Waals surface area contributed by atoms with E-state index in [2.05, 4.69) is 10.6 Å². The number of amides is 3. The Morgan fingerprint density at radius 3 is 2.47 bits per heavy atom. The third-order valence-electron chi connectivity index (χ3n) is 5.44. The maximum Gasteiger partial charge on any atom is 0.246 e. The fourth-order valence-corrected chi connectivity index (χ4v) is 3.76. The van der Waals surface area contributed by atoms with Crippen LogP contribution < -0.4 is 10.6 Å². The molecule has 1 aliphatic rings. The van der Waals surface area contributed by atoms with Gasteiger partial charge < -0.3 is 20.3 Å². The summed E-state index contributed by atoms with van der Waals surface area (Å²) in [7, 11) is 0. The van der Waals surface area contributed by atoms with Crippen LogP contribution in [0.5, 0.6) is 0 Å². The van der Waals surface area contributed by atoms with Gasteiger partial charge in [0.05, 0.1) is 25.6 Å². The lowest BCUT2D eigenvalue weighted by Gasteiger charge is -2.33. The zero-order valence-electron chi connectivity index (χ0n) is 18.3. The van der Waals surface area contributed by atoms with Gasteiger partial charge in [-0.15, -0.1) is 0 Å². The highest BCUT2D eigenvalue weighted by molar-refractivity contribution is 5.86. The van der Waals surface area contributed by atoms with Gasteiger partial charge in [-0.25, -0.2) is 0 Å². The lowest BCUT2D eigenvalue weighted by molar-refractivity contribution is -0.137. The number of benzene rings is 2. The van der Waals surface area contributed by atoms with E-state index in [4.69, 9.17) is 4.74 Å². The van der Waals surface area contributed by atoms with E-state index in [1.165, 1.54) is 0 Å². The summed E-state index contributed by atoms with van der Waals surface area (Å²) in [5.74, 6) is -0.620. The predicted octanol–water partition coefficient (Wildman–Crippen LogP) is 2.58. The Bertz CT molecular complexity index is 873. The van der Waals surface area contributed by atoms with Crippen LogP contribution in [-0.4, -0.2) is 48.9 Å². The molecule has 7 heteroatoms. The second kappa shape index (κ2) is 12.6. The summed E-state index contributed by atoms with van der Waals surface area (Å²) in [6, 6.07) is 18.8. The molecule has 170 valence electrons. The third kappa shape index (κ3) is 7.50. The highest BCUT2D eigenvalue weighted by Gasteiger charge is 2.27. The first-order valence-electron chi connectivity index (χ1n) is 11.1. The highest BCUT2D eigenvalue weighted by atomic mass is 16.5. The van der Waals surface area contributed by atoms with Crippen LogP contribution in [-0.2, 0) is 25.7 Å². The molecule has 3 amide bonds. The summed E-state index contributed by atoms with van der Waals surface area (Å²) in [6.07, 6.45) is 2.85. The molecule has 7 nitrogen and oxygen atoms in total. The monoisotopic (exact) mass is 437 g/mol. The number of hydrogen-bond acceptors (Lipinski definition) is 4. The quantitative estimate of drug-likeness (QED) is 0.697. The first kappa shape index (κ1) is 23.5. The molecule has 1 unspecified atom stereocenters. The molecule has 0 bridgehead atoms. The molecule has 0 spiro atoms. The fourth-order valence-electron chi connectivity index (χ4n) is 3.76. The van der Waals surface area contributed by atoms with Crippen molar-refractivity contribution in [3.05, 3.63) is 71.8 Å². The molecule has 32 heavy (non-hydrogen) atoms. The number of nitrogens with one attached hydrogen (secondary N) is 2. The maximum atomic E-state index is 13.1. The van der Waals surface area contributed by atoms with E-state index in [9.17, 15) is 14.4 Å². The number of nitrogens with zero attached hydrogens (tertiary/aromatic N) is 1. The summed E-state index contributed by atoms with van der Waals surface area (Å²) in [5, 5.41) is 5.59. The third-order valence-corrected chi connectivity index (χ3v) is 5.44. The summed E-state index contributed by atoms with van der Waals surface area (Å²) in [5.41, 5.74) is 1.89. The Labute approximate surface area is 189 Å². The normalized spacial score (nSPS) is 17.3. The zero-order chi connectivity index (χ0) is 22.6. The molecule has 0 saturated carbocycles. The van der Waals surface area contributed by atoms with Gasteiger partial charge in [0.2, 0.25) is 17.7 Å². The van der Waals surface area contributed by atoms with Crippen LogP contribution in [0.3, 0.4) is 0 Å². The van der Waals surface area contributed by atoms with Crippen LogP contribution in [0, 0.1) is 0 Å². The molecule has 3 rings (SSSR count). The highest BCUT2D eigenvalue weighted by Crippen LogP contribution is 2.25. The van der Waals surface area contributed by atoms with E-state index in [1.54, 1.807) is 4.90 Å². The van der Waals surface area contributed by atoms with Crippen molar-refractivity contribution < 1.29 is 19.1 Å². The molecule has 1 saturated heterocycles. The average molecular weight is 438 g/mol. The van der Waals surface area contributed by atoms with Crippen LogP contribution in [0.4, 0.5) is 0 Å². The largest absolute Gasteiger partial charge is 0.367 e. The van der Waals surface area contributed by atoms with Gasteiger partial charge in [-0.3, -0.25) is 14.4 Å². The van der Waals surface area contributed by atoms with Crippen LogP contribution in [0.2, 0.25) is 0 Å². The number of ether oxygens (including phenoxy) is 1. The van der Waals surface area contributed by atoms with Gasteiger partial charge in [0, 0.05) is 13.1 Å². The number of carbonyl (C=O) groups excluding carboxylic acids is 3. The summed E-state index contributed by atoms with van der Waals surface area (Å²) in [4.78, 5) is 39.4. The maximum absolute atomic E-state index is 13.1. The average Bonchev–Trinajstić information content (AvgIpc) is 2.82. The van der Waals surface area contributed by atoms with Crippen molar-refractivity contribution in [2.24, 2.45) is 0 Å². The van der Waals surface area contributed by atoms with Crippen LogP contribution >= 0.6 is 0 Å². The van der Waals surface area contributed by atoms with Crippen molar-refractivity contribution in [1.29, 1.82) is 0 Å². The Kier molecular flexibility index (Phi) is 9.25. The molecule has 2 aromatic rings. The van der Waals surface area contributed by atoms with Gasteiger partial charge in [-0.1, -0.05) is 60.7 Å². The molecule has 0 aliphatic carbocycles. The van der Waals surface area contributed by atoms with E-state index < -0.39 is 0 Å². The van der Waals surface area contributed by atoms with Crippen molar-refractivity contribution in [3.63, 3.8) is 0 Å². The van der Waals surface area contributed by atoms with Crippen LogP contribution in [0.15, 0.2) is 60.7 Å². The van der Waals surface area contributed by atoms with Gasteiger partial charge in [-0.2, -0.15) is 0 Å². The van der Waals surface area contributed by atoms with Crippen LogP contribution in [0.1, 0.15) is 42.9 Å². The van der Waals surface area contributed by atoms with Crippen LogP contribution in [0.25, 0.3) is 0 Å². The molecule has 1 atom stereocenters. The smallest absolute Gasteiger partial charge is 0.246 e. The number of hydrogen-bond donors (Lipinski definition) is 2. The zero-order valence-corrected chi connectivity index (χ0v) is 18.3. The molecule has 0 radical (unpaired) electrons. The van der Waals surface area contributed by atoms with E-state index >= 15 is 0 Å². The Balaban J connectivity index is 1.58. The topological polar surface area (TPSA) is 87.7 Å². The first-order chi connectivity index (χ1) is 15.6. The van der Waals surface area contributed by atoms with Gasteiger partial charge in [-0.05, 0) is 30.4 Å². The molecular formula is C25H31N3O4. The number of rotatable bonds is 7. The van der Waals surface area contributed by atoms with E-state index in [-0.39, 0.29) is 43.3 Å². The molecule has 2 aromatic carbocycles. The summed E-state index contributed by atoms with van der Waals surface area (Å²) in [6.45, 7) is 1.30. The number of carbonyl (C=O) groups is 3. The fraction of sp³-hybridized carbons (Fsp3) is 0.400. The molecule has 1 aliphatic heterocycles. The molecular weight excluding hydrogens is 406 g/mol. The van der Waals surface area contributed by atoms with Gasteiger partial charge in [0.25, 0.3) is 0 Å². The molecule has 0 aromatic heterocycles. The molecule has 1 fully saturated rings. The first-order valence-corrected chi connectivity index (χ1v) is 11.1. The van der Waals surface area contributed by atoms with Gasteiger partial charge in [0.1, 0.15) is 6.61 Å². The second-order valence-electron chi connectivity index (χ2n) is 7.88. The van der Waals surface area contributed by atoms with E-state index in [0.717, 1.165) is 30.4 Å². The predicted molar refractivity (Wildman–Crippen MR) is 121 cm³/mol. The van der Waals surface area contributed by atoms with E-state index in [1.807, 2.05) is 60.7 Å². The minimum atomic E-state index is -0.368. The molecule has 1 heterocycles. The molecule has 2 N–H and O–H groups in total. The minimum Gasteiger partial charge on any atom is -0.367 e. The van der Waals surface area contributed by atoms with Crippen molar-refractivity contribution in [1.82, 2.24) is 15.5 Å². The van der Waals surface area contributed by atoms with Gasteiger partial charge >= 0.3 is 0 Å². The van der Waals surface area contributed by atoms with E-state index in [0.29, 0.717) is 19.7 Å². The Morgan fingerprint density at radius 2 is 1.72 bits per heavy atom. The van der Waals surface area contributed by atoms with Crippen molar-refractivity contribution in [3.8, 4) is 0 Å². The lowest BCUT2D eigenvalue weighted by Crippen LogP contribution is -2.45. The van der Waals surface area contributed by atoms with Gasteiger partial charge in [0.15, 0.2) is 0 Å². The van der Waals surface area contributed by atoms with Crippen molar-refractivity contribution in [2.45, 2.75) is 38.3 Å². The summed E-state index contributed by atoms with van der Waals surface area (Å²) < 4.78 is 5.44. The SMILES string of the molecule is O=C(COCc1ccccc1)NCC(=O)N1CCCCCNC(=O)CC1c1ccccc1. The minimum absolute atomic E-state index is 0.0723.